The van der Waals surface area contributed by atoms with Gasteiger partial charge in [0, 0.05) is 17.0 Å². The van der Waals surface area contributed by atoms with Crippen molar-refractivity contribution >= 4 is 31.5 Å². The van der Waals surface area contributed by atoms with E-state index in [0.29, 0.717) is 0 Å². The van der Waals surface area contributed by atoms with E-state index in [-0.39, 0.29) is 31.5 Å². The highest BCUT2D eigenvalue weighted by molar-refractivity contribution is 7.26. The molecule has 20 heavy (non-hydrogen) atoms. The Hall–Kier alpha value is -2.54. The third-order valence-electron chi connectivity index (χ3n) is 3.29. The number of aromatic hydroxyl groups is 6. The summed E-state index contributed by atoms with van der Waals surface area (Å²) in [5.74, 6) is -2.96. The molecule has 0 bridgehead atoms. The molecule has 0 aliphatic heterocycles. The number of fused-ring (bicyclic) bond motifs is 3. The summed E-state index contributed by atoms with van der Waals surface area (Å²) in [6, 6.07) is 0.985. The standard InChI is InChI=1S/C13H10O6S/c1-3-6-7-9(17)4(14)2-5(15)12(7)20-13(6)11(19)10(18)8(3)16/h2,14-19H,1H3. The van der Waals surface area contributed by atoms with Gasteiger partial charge in [0.1, 0.15) is 5.75 Å². The maximum absolute atomic E-state index is 9.96. The largest absolute Gasteiger partial charge is 0.506 e. The molecule has 0 aliphatic carbocycles. The fourth-order valence-corrected chi connectivity index (χ4v) is 3.49. The lowest BCUT2D eigenvalue weighted by Crippen LogP contribution is -1.81. The molecule has 104 valence electrons. The zero-order valence-corrected chi connectivity index (χ0v) is 11.0. The summed E-state index contributed by atoms with van der Waals surface area (Å²) in [6.45, 7) is 1.49. The van der Waals surface area contributed by atoms with E-state index in [4.69, 9.17) is 0 Å². The maximum atomic E-state index is 9.96. The summed E-state index contributed by atoms with van der Waals surface area (Å²) in [7, 11) is 0. The minimum Gasteiger partial charge on any atom is -0.506 e. The molecule has 0 fully saturated rings. The number of benzene rings is 2. The topological polar surface area (TPSA) is 121 Å². The summed E-state index contributed by atoms with van der Waals surface area (Å²) >= 11 is 0.933. The fraction of sp³-hybridized carbons (Fsp3) is 0.0769. The Morgan fingerprint density at radius 2 is 1.35 bits per heavy atom. The van der Waals surface area contributed by atoms with Crippen molar-refractivity contribution in [2.75, 3.05) is 0 Å². The molecule has 2 aromatic carbocycles. The minimum atomic E-state index is -0.662. The number of hydrogen-bond acceptors (Lipinski definition) is 7. The van der Waals surface area contributed by atoms with Crippen LogP contribution in [0, 0.1) is 6.92 Å². The second-order valence-corrected chi connectivity index (χ2v) is 5.47. The van der Waals surface area contributed by atoms with E-state index in [1.165, 1.54) is 6.92 Å². The van der Waals surface area contributed by atoms with E-state index in [9.17, 15) is 30.6 Å². The molecule has 0 amide bonds. The van der Waals surface area contributed by atoms with Crippen LogP contribution in [0.3, 0.4) is 0 Å². The molecule has 0 unspecified atom stereocenters. The highest BCUT2D eigenvalue weighted by atomic mass is 32.1. The maximum Gasteiger partial charge on any atom is 0.202 e. The van der Waals surface area contributed by atoms with Crippen molar-refractivity contribution in [1.82, 2.24) is 0 Å². The van der Waals surface area contributed by atoms with Crippen molar-refractivity contribution in [3.8, 4) is 34.5 Å². The van der Waals surface area contributed by atoms with Gasteiger partial charge in [-0.05, 0) is 6.92 Å². The lowest BCUT2D eigenvalue weighted by Gasteiger charge is -2.07. The number of phenols is 6. The van der Waals surface area contributed by atoms with Crippen LogP contribution in [0.1, 0.15) is 5.56 Å². The van der Waals surface area contributed by atoms with Crippen LogP contribution in [-0.4, -0.2) is 30.6 Å². The van der Waals surface area contributed by atoms with Crippen LogP contribution in [-0.2, 0) is 0 Å². The van der Waals surface area contributed by atoms with Gasteiger partial charge in [0.2, 0.25) is 5.75 Å². The average Bonchev–Trinajstić information content (AvgIpc) is 2.81. The normalized spacial score (nSPS) is 11.4. The van der Waals surface area contributed by atoms with Crippen LogP contribution in [0.2, 0.25) is 0 Å². The highest BCUT2D eigenvalue weighted by Gasteiger charge is 2.24. The van der Waals surface area contributed by atoms with Gasteiger partial charge in [-0.15, -0.1) is 11.3 Å². The Morgan fingerprint density at radius 1 is 0.700 bits per heavy atom. The summed E-state index contributed by atoms with van der Waals surface area (Å²) < 4.78 is 0.433. The Morgan fingerprint density at radius 3 is 2.00 bits per heavy atom. The molecular formula is C13H10O6S. The quantitative estimate of drug-likeness (QED) is 0.280. The Kier molecular flexibility index (Phi) is 2.33. The molecule has 7 heteroatoms. The number of phenolic OH excluding ortho intramolecular Hbond substituents is 6. The third kappa shape index (κ3) is 1.32. The van der Waals surface area contributed by atoms with Crippen molar-refractivity contribution in [2.45, 2.75) is 6.92 Å². The molecule has 0 saturated carbocycles. The zero-order chi connectivity index (χ0) is 14.8. The molecule has 6 N–H and O–H groups in total. The van der Waals surface area contributed by atoms with Gasteiger partial charge >= 0.3 is 0 Å². The smallest absolute Gasteiger partial charge is 0.202 e. The van der Waals surface area contributed by atoms with Gasteiger partial charge in [-0.2, -0.15) is 0 Å². The van der Waals surface area contributed by atoms with Crippen molar-refractivity contribution in [3.63, 3.8) is 0 Å². The molecule has 1 heterocycles. The van der Waals surface area contributed by atoms with E-state index in [0.717, 1.165) is 17.4 Å². The van der Waals surface area contributed by atoms with E-state index < -0.39 is 28.7 Å². The predicted octanol–water partition coefficient (Wildman–Crippen LogP) is 2.60. The van der Waals surface area contributed by atoms with Crippen LogP contribution >= 0.6 is 11.3 Å². The molecule has 3 aromatic rings. The first kappa shape index (κ1) is 12.5. The van der Waals surface area contributed by atoms with Gasteiger partial charge < -0.3 is 30.6 Å². The van der Waals surface area contributed by atoms with Crippen molar-refractivity contribution < 1.29 is 30.6 Å². The van der Waals surface area contributed by atoms with Crippen molar-refractivity contribution in [1.29, 1.82) is 0 Å². The van der Waals surface area contributed by atoms with Gasteiger partial charge in [-0.25, -0.2) is 0 Å². The number of aryl methyl sites for hydroxylation is 1. The summed E-state index contributed by atoms with van der Waals surface area (Å²) in [6.07, 6.45) is 0. The van der Waals surface area contributed by atoms with Gasteiger partial charge in [0.25, 0.3) is 0 Å². The van der Waals surface area contributed by atoms with Crippen LogP contribution in [0.15, 0.2) is 6.07 Å². The van der Waals surface area contributed by atoms with Gasteiger partial charge in [-0.3, -0.25) is 0 Å². The monoisotopic (exact) mass is 294 g/mol. The van der Waals surface area contributed by atoms with E-state index >= 15 is 0 Å². The van der Waals surface area contributed by atoms with Crippen LogP contribution < -0.4 is 0 Å². The SMILES string of the molecule is Cc1c(O)c(O)c(O)c2sc3c(O)cc(O)c(O)c3c12. The van der Waals surface area contributed by atoms with Gasteiger partial charge in [-0.1, -0.05) is 0 Å². The van der Waals surface area contributed by atoms with Gasteiger partial charge in [0.05, 0.1) is 14.8 Å². The van der Waals surface area contributed by atoms with Crippen molar-refractivity contribution in [3.05, 3.63) is 11.6 Å². The fourth-order valence-electron chi connectivity index (χ4n) is 2.27. The van der Waals surface area contributed by atoms with Crippen molar-refractivity contribution in [2.24, 2.45) is 0 Å². The number of thiophene rings is 1. The molecule has 0 atom stereocenters. The lowest BCUT2D eigenvalue weighted by atomic mass is 10.0. The average molecular weight is 294 g/mol. The molecule has 0 spiro atoms. The molecule has 0 aliphatic rings. The zero-order valence-electron chi connectivity index (χ0n) is 10.2. The van der Waals surface area contributed by atoms with Crippen LogP contribution in [0.5, 0.6) is 34.5 Å². The minimum absolute atomic E-state index is 0.116. The van der Waals surface area contributed by atoms with E-state index in [1.807, 2.05) is 0 Å². The first-order valence-electron chi connectivity index (χ1n) is 5.58. The number of hydrogen-bond donors (Lipinski definition) is 6. The molecule has 3 rings (SSSR count). The summed E-state index contributed by atoms with van der Waals surface area (Å²) in [5.41, 5.74) is 0.224. The second kappa shape index (κ2) is 3.73. The molecule has 6 nitrogen and oxygen atoms in total. The van der Waals surface area contributed by atoms with Crippen LogP contribution in [0.25, 0.3) is 20.2 Å². The molecular weight excluding hydrogens is 284 g/mol. The summed E-state index contributed by atoms with van der Waals surface area (Å²) in [5, 5.41) is 59.1. The highest BCUT2D eigenvalue weighted by Crippen LogP contribution is 2.55. The first-order valence-corrected chi connectivity index (χ1v) is 6.39. The summed E-state index contributed by atoms with van der Waals surface area (Å²) in [4.78, 5) is 0. The Balaban J connectivity index is 2.72. The predicted molar refractivity (Wildman–Crippen MR) is 74.1 cm³/mol. The Bertz CT molecular complexity index is 880. The molecule has 1 aromatic heterocycles. The second-order valence-electron chi connectivity index (χ2n) is 4.44. The third-order valence-corrected chi connectivity index (χ3v) is 4.51. The molecule has 0 saturated heterocycles. The lowest BCUT2D eigenvalue weighted by molar-refractivity contribution is 0.370. The van der Waals surface area contributed by atoms with Gasteiger partial charge in [0.15, 0.2) is 23.0 Å². The van der Waals surface area contributed by atoms with E-state index in [2.05, 4.69) is 0 Å². The number of rotatable bonds is 0. The first-order chi connectivity index (χ1) is 9.34. The molecule has 0 radical (unpaired) electrons. The van der Waals surface area contributed by atoms with Crippen LogP contribution in [0.4, 0.5) is 0 Å². The van der Waals surface area contributed by atoms with E-state index in [1.54, 1.807) is 0 Å². The Labute approximate surface area is 116 Å².